The number of ether oxygens (including phenoxy) is 1. The summed E-state index contributed by atoms with van der Waals surface area (Å²) in [4.78, 5) is 22.3. The van der Waals surface area contributed by atoms with Crippen molar-refractivity contribution in [3.63, 3.8) is 0 Å². The van der Waals surface area contributed by atoms with E-state index < -0.39 is 0 Å². The zero-order valence-corrected chi connectivity index (χ0v) is 12.6. The maximum absolute atomic E-state index is 12.3. The van der Waals surface area contributed by atoms with Gasteiger partial charge in [0, 0.05) is 44.4 Å². The quantitative estimate of drug-likeness (QED) is 0.867. The molecule has 3 rings (SSSR count). The number of piperidine rings is 1. The maximum atomic E-state index is 12.3. The topological polar surface area (TPSA) is 79.1 Å². The van der Waals surface area contributed by atoms with E-state index in [1.54, 1.807) is 35.4 Å². The van der Waals surface area contributed by atoms with Crippen LogP contribution in [0.5, 0.6) is 5.88 Å². The zero-order valence-electron chi connectivity index (χ0n) is 12.6. The number of carbonyl (C=O) groups is 1. The Balaban J connectivity index is 1.54. The van der Waals surface area contributed by atoms with Gasteiger partial charge in [-0.25, -0.2) is 4.98 Å². The highest BCUT2D eigenvalue weighted by atomic mass is 16.5. The molecule has 1 fully saturated rings. The summed E-state index contributed by atoms with van der Waals surface area (Å²) >= 11 is 0. The standard InChI is InChI=1S/C17H16N4O2/c18-11-13-4-5-16(20-12-13)23-14-6-9-21(10-7-14)17(22)15-3-1-2-8-19-15/h1-5,8,12,14H,6-7,9-10H2. The van der Waals surface area contributed by atoms with E-state index in [0.717, 1.165) is 12.8 Å². The van der Waals surface area contributed by atoms with Crippen molar-refractivity contribution < 1.29 is 9.53 Å². The molecule has 0 aromatic carbocycles. The van der Waals surface area contributed by atoms with Crippen molar-refractivity contribution >= 4 is 5.91 Å². The molecule has 0 radical (unpaired) electrons. The number of nitriles is 1. The number of aromatic nitrogens is 2. The molecule has 1 aliphatic rings. The molecule has 6 nitrogen and oxygen atoms in total. The third kappa shape index (κ3) is 3.64. The first kappa shape index (κ1) is 15.0. The molecule has 23 heavy (non-hydrogen) atoms. The molecule has 0 bridgehead atoms. The summed E-state index contributed by atoms with van der Waals surface area (Å²) in [7, 11) is 0. The summed E-state index contributed by atoms with van der Waals surface area (Å²) in [5.74, 6) is 0.471. The summed E-state index contributed by atoms with van der Waals surface area (Å²) in [6, 6.07) is 10.7. The van der Waals surface area contributed by atoms with Crippen LogP contribution in [0.15, 0.2) is 42.7 Å². The van der Waals surface area contributed by atoms with Crippen LogP contribution in [-0.2, 0) is 0 Å². The molecule has 0 aliphatic carbocycles. The molecule has 2 aromatic heterocycles. The van der Waals surface area contributed by atoms with Crippen molar-refractivity contribution in [1.29, 1.82) is 5.26 Å². The lowest BCUT2D eigenvalue weighted by Gasteiger charge is -2.31. The van der Waals surface area contributed by atoms with Gasteiger partial charge in [-0.3, -0.25) is 9.78 Å². The van der Waals surface area contributed by atoms with Crippen molar-refractivity contribution in [2.45, 2.75) is 18.9 Å². The number of hydrogen-bond donors (Lipinski definition) is 0. The Morgan fingerprint density at radius 3 is 2.65 bits per heavy atom. The summed E-state index contributed by atoms with van der Waals surface area (Å²) in [6.45, 7) is 1.27. The molecule has 1 amide bonds. The van der Waals surface area contributed by atoms with Crippen LogP contribution in [0.2, 0.25) is 0 Å². The second kappa shape index (κ2) is 6.88. The molecule has 0 unspecified atom stereocenters. The second-order valence-corrected chi connectivity index (χ2v) is 5.32. The molecule has 0 atom stereocenters. The summed E-state index contributed by atoms with van der Waals surface area (Å²) in [5.41, 5.74) is 0.980. The van der Waals surface area contributed by atoms with Crippen molar-refractivity contribution in [3.8, 4) is 11.9 Å². The molecule has 2 aromatic rings. The Morgan fingerprint density at radius 2 is 2.04 bits per heavy atom. The zero-order chi connectivity index (χ0) is 16.1. The number of carbonyl (C=O) groups excluding carboxylic acids is 1. The van der Waals surface area contributed by atoms with Gasteiger partial charge in [-0.2, -0.15) is 5.26 Å². The normalized spacial score (nSPS) is 15.0. The highest BCUT2D eigenvalue weighted by molar-refractivity contribution is 5.92. The lowest BCUT2D eigenvalue weighted by molar-refractivity contribution is 0.0582. The number of likely N-dealkylation sites (tertiary alicyclic amines) is 1. The second-order valence-electron chi connectivity index (χ2n) is 5.32. The summed E-state index contributed by atoms with van der Waals surface area (Å²) < 4.78 is 5.81. The lowest BCUT2D eigenvalue weighted by Crippen LogP contribution is -2.42. The Morgan fingerprint density at radius 1 is 1.22 bits per heavy atom. The predicted octanol–water partition coefficient (Wildman–Crippen LogP) is 2.03. The van der Waals surface area contributed by atoms with Crippen LogP contribution in [0.25, 0.3) is 0 Å². The number of amides is 1. The highest BCUT2D eigenvalue weighted by Crippen LogP contribution is 2.18. The number of pyridine rings is 2. The number of nitrogens with zero attached hydrogens (tertiary/aromatic N) is 4. The average Bonchev–Trinajstić information content (AvgIpc) is 2.63. The Labute approximate surface area is 134 Å². The van der Waals surface area contributed by atoms with Gasteiger partial charge in [0.05, 0.1) is 5.56 Å². The number of hydrogen-bond acceptors (Lipinski definition) is 5. The largest absolute Gasteiger partial charge is 0.474 e. The molecule has 0 saturated carbocycles. The van der Waals surface area contributed by atoms with E-state index in [-0.39, 0.29) is 12.0 Å². The van der Waals surface area contributed by atoms with E-state index in [0.29, 0.717) is 30.2 Å². The first-order chi connectivity index (χ1) is 11.3. The molecule has 1 aliphatic heterocycles. The third-order valence-corrected chi connectivity index (χ3v) is 3.77. The SMILES string of the molecule is N#Cc1ccc(OC2CCN(C(=O)c3ccccn3)CC2)nc1. The van der Waals surface area contributed by atoms with Crippen molar-refractivity contribution in [2.75, 3.05) is 13.1 Å². The molecule has 0 N–H and O–H groups in total. The van der Waals surface area contributed by atoms with Crippen molar-refractivity contribution in [2.24, 2.45) is 0 Å². The minimum atomic E-state index is -0.0412. The van der Waals surface area contributed by atoms with E-state index in [9.17, 15) is 4.79 Å². The van der Waals surface area contributed by atoms with Gasteiger partial charge in [-0.15, -0.1) is 0 Å². The fourth-order valence-corrected chi connectivity index (χ4v) is 2.51. The van der Waals surface area contributed by atoms with Crippen LogP contribution in [0, 0.1) is 11.3 Å². The first-order valence-corrected chi connectivity index (χ1v) is 7.49. The highest BCUT2D eigenvalue weighted by Gasteiger charge is 2.25. The molecule has 6 heteroatoms. The van der Waals surface area contributed by atoms with Gasteiger partial charge in [-0.1, -0.05) is 6.07 Å². The fraction of sp³-hybridized carbons (Fsp3) is 0.294. The lowest BCUT2D eigenvalue weighted by atomic mass is 10.1. The minimum Gasteiger partial charge on any atom is -0.474 e. The fourth-order valence-electron chi connectivity index (χ4n) is 2.51. The van der Waals surface area contributed by atoms with Crippen LogP contribution >= 0.6 is 0 Å². The van der Waals surface area contributed by atoms with E-state index in [1.165, 1.54) is 6.20 Å². The molecule has 116 valence electrons. The maximum Gasteiger partial charge on any atom is 0.272 e. The van der Waals surface area contributed by atoms with Gasteiger partial charge in [0.15, 0.2) is 0 Å². The molecule has 3 heterocycles. The molecular formula is C17H16N4O2. The van der Waals surface area contributed by atoms with Gasteiger partial charge < -0.3 is 9.64 Å². The van der Waals surface area contributed by atoms with Crippen LogP contribution in [-0.4, -0.2) is 40.0 Å². The molecular weight excluding hydrogens is 292 g/mol. The molecule has 1 saturated heterocycles. The van der Waals surface area contributed by atoms with Gasteiger partial charge in [-0.05, 0) is 18.2 Å². The van der Waals surface area contributed by atoms with E-state index >= 15 is 0 Å². The average molecular weight is 308 g/mol. The Bertz CT molecular complexity index is 702. The van der Waals surface area contributed by atoms with Crippen LogP contribution < -0.4 is 4.74 Å². The van der Waals surface area contributed by atoms with Crippen molar-refractivity contribution in [3.05, 3.63) is 54.0 Å². The first-order valence-electron chi connectivity index (χ1n) is 7.49. The monoisotopic (exact) mass is 308 g/mol. The molecule has 0 spiro atoms. The smallest absolute Gasteiger partial charge is 0.272 e. The predicted molar refractivity (Wildman–Crippen MR) is 82.7 cm³/mol. The van der Waals surface area contributed by atoms with Gasteiger partial charge in [0.2, 0.25) is 5.88 Å². The van der Waals surface area contributed by atoms with Crippen molar-refractivity contribution in [1.82, 2.24) is 14.9 Å². The van der Waals surface area contributed by atoms with Crippen LogP contribution in [0.3, 0.4) is 0 Å². The van der Waals surface area contributed by atoms with Crippen LogP contribution in [0.4, 0.5) is 0 Å². The van der Waals surface area contributed by atoms with E-state index in [4.69, 9.17) is 10.00 Å². The summed E-state index contributed by atoms with van der Waals surface area (Å²) in [5, 5.41) is 8.75. The van der Waals surface area contributed by atoms with E-state index in [2.05, 4.69) is 9.97 Å². The Kier molecular flexibility index (Phi) is 4.48. The minimum absolute atomic E-state index is 0.0308. The third-order valence-electron chi connectivity index (χ3n) is 3.77. The van der Waals surface area contributed by atoms with Gasteiger partial charge in [0.25, 0.3) is 5.91 Å². The number of rotatable bonds is 3. The van der Waals surface area contributed by atoms with Crippen LogP contribution in [0.1, 0.15) is 28.9 Å². The Hall–Kier alpha value is -2.94. The van der Waals surface area contributed by atoms with Gasteiger partial charge >= 0.3 is 0 Å². The summed E-state index contributed by atoms with van der Waals surface area (Å²) in [6.07, 6.45) is 4.65. The van der Waals surface area contributed by atoms with E-state index in [1.807, 2.05) is 12.1 Å². The van der Waals surface area contributed by atoms with Gasteiger partial charge in [0.1, 0.15) is 17.9 Å².